The molecule has 2 N–H and O–H groups in total. The number of aromatic hydroxyl groups is 1. The van der Waals surface area contributed by atoms with E-state index in [1.165, 1.54) is 6.07 Å². The summed E-state index contributed by atoms with van der Waals surface area (Å²) < 4.78 is 12.8. The molecule has 0 saturated carbocycles. The minimum absolute atomic E-state index is 0.0205. The van der Waals surface area contributed by atoms with Gasteiger partial charge in [-0.3, -0.25) is 4.79 Å². The molecule has 1 aromatic heterocycles. The smallest absolute Gasteiger partial charge is 0.255 e. The molecule has 0 bridgehead atoms. The van der Waals surface area contributed by atoms with Crippen molar-refractivity contribution in [1.29, 1.82) is 0 Å². The Morgan fingerprint density at radius 2 is 2.21 bits per heavy atom. The van der Waals surface area contributed by atoms with Crippen LogP contribution in [0.5, 0.6) is 5.75 Å². The summed E-state index contributed by atoms with van der Waals surface area (Å²) in [5.74, 6) is -0.873. The highest BCUT2D eigenvalue weighted by atomic mass is 19.1. The van der Waals surface area contributed by atoms with Gasteiger partial charge < -0.3 is 10.4 Å². The van der Waals surface area contributed by atoms with Crippen LogP contribution >= 0.6 is 0 Å². The lowest BCUT2D eigenvalue weighted by Gasteiger charge is -2.06. The number of rotatable bonds is 3. The number of phenolic OH excluding ortho intramolecular Hbond substituents is 1. The number of halogens is 1. The predicted molar refractivity (Wildman–Crippen MR) is 66.0 cm³/mol. The Kier molecular flexibility index (Phi) is 3.70. The Bertz CT molecular complexity index is 617. The molecule has 98 valence electrons. The minimum Gasteiger partial charge on any atom is -0.507 e. The molecule has 1 amide bonds. The Morgan fingerprint density at radius 3 is 2.89 bits per heavy atom. The minimum atomic E-state index is -0.597. The van der Waals surface area contributed by atoms with Gasteiger partial charge in [-0.1, -0.05) is 0 Å². The number of aryl methyl sites for hydroxylation is 1. The number of phenols is 1. The molecular weight excluding hydrogens is 249 g/mol. The van der Waals surface area contributed by atoms with Crippen LogP contribution in [0.2, 0.25) is 0 Å². The van der Waals surface area contributed by atoms with Gasteiger partial charge in [-0.15, -0.1) is 0 Å². The fraction of sp³-hybridized carbons (Fsp3) is 0.154. The van der Waals surface area contributed by atoms with E-state index in [0.29, 0.717) is 11.5 Å². The third-order valence-electron chi connectivity index (χ3n) is 2.47. The van der Waals surface area contributed by atoms with Crippen molar-refractivity contribution in [1.82, 2.24) is 15.3 Å². The largest absolute Gasteiger partial charge is 0.507 e. The second kappa shape index (κ2) is 5.43. The number of carbonyl (C=O) groups is 1. The maximum absolute atomic E-state index is 12.8. The standard InChI is InChI=1S/C13H12FN3O2/c1-8-15-5-4-10(17-8)7-16-13(19)11-3-2-9(14)6-12(11)18/h2-6,18H,7H2,1H3,(H,16,19). The first-order valence-electron chi connectivity index (χ1n) is 5.61. The summed E-state index contributed by atoms with van der Waals surface area (Å²) >= 11 is 0. The van der Waals surface area contributed by atoms with Crippen molar-refractivity contribution in [3.8, 4) is 5.75 Å². The van der Waals surface area contributed by atoms with E-state index in [-0.39, 0.29) is 12.1 Å². The molecule has 2 aromatic rings. The highest BCUT2D eigenvalue weighted by Crippen LogP contribution is 2.17. The van der Waals surface area contributed by atoms with Crippen LogP contribution in [-0.4, -0.2) is 21.0 Å². The zero-order chi connectivity index (χ0) is 13.8. The van der Waals surface area contributed by atoms with Crippen molar-refractivity contribution in [3.05, 3.63) is 53.4 Å². The summed E-state index contributed by atoms with van der Waals surface area (Å²) in [6.07, 6.45) is 1.60. The number of hydrogen-bond donors (Lipinski definition) is 2. The van der Waals surface area contributed by atoms with Gasteiger partial charge in [-0.05, 0) is 25.1 Å². The topological polar surface area (TPSA) is 75.1 Å². The van der Waals surface area contributed by atoms with Crippen LogP contribution in [0, 0.1) is 12.7 Å². The van der Waals surface area contributed by atoms with E-state index in [4.69, 9.17) is 0 Å². The number of aromatic nitrogens is 2. The lowest BCUT2D eigenvalue weighted by Crippen LogP contribution is -2.23. The van der Waals surface area contributed by atoms with E-state index in [0.717, 1.165) is 12.1 Å². The van der Waals surface area contributed by atoms with E-state index < -0.39 is 17.5 Å². The lowest BCUT2D eigenvalue weighted by atomic mass is 10.2. The fourth-order valence-electron chi connectivity index (χ4n) is 1.57. The van der Waals surface area contributed by atoms with Crippen LogP contribution in [0.1, 0.15) is 21.9 Å². The van der Waals surface area contributed by atoms with Gasteiger partial charge in [0, 0.05) is 12.3 Å². The summed E-state index contributed by atoms with van der Waals surface area (Å²) in [5.41, 5.74) is 0.676. The van der Waals surface area contributed by atoms with Gasteiger partial charge in [0.2, 0.25) is 0 Å². The average Bonchev–Trinajstić information content (AvgIpc) is 2.36. The van der Waals surface area contributed by atoms with Crippen molar-refractivity contribution in [3.63, 3.8) is 0 Å². The third-order valence-corrected chi connectivity index (χ3v) is 2.47. The maximum Gasteiger partial charge on any atom is 0.255 e. The molecule has 0 aliphatic heterocycles. The Morgan fingerprint density at radius 1 is 1.42 bits per heavy atom. The molecular formula is C13H12FN3O2. The molecule has 0 saturated heterocycles. The molecule has 2 rings (SSSR count). The first-order valence-corrected chi connectivity index (χ1v) is 5.61. The molecule has 19 heavy (non-hydrogen) atoms. The van der Waals surface area contributed by atoms with Gasteiger partial charge in [0.25, 0.3) is 5.91 Å². The van der Waals surface area contributed by atoms with Gasteiger partial charge in [0.1, 0.15) is 17.4 Å². The Balaban J connectivity index is 2.05. The molecule has 0 atom stereocenters. The number of hydrogen-bond acceptors (Lipinski definition) is 4. The fourth-order valence-corrected chi connectivity index (χ4v) is 1.57. The van der Waals surface area contributed by atoms with Crippen molar-refractivity contribution in [2.24, 2.45) is 0 Å². The van der Waals surface area contributed by atoms with E-state index in [2.05, 4.69) is 15.3 Å². The Hall–Kier alpha value is -2.50. The molecule has 5 nitrogen and oxygen atoms in total. The van der Waals surface area contributed by atoms with Crippen molar-refractivity contribution in [2.75, 3.05) is 0 Å². The van der Waals surface area contributed by atoms with Gasteiger partial charge in [-0.25, -0.2) is 14.4 Å². The molecule has 0 aliphatic carbocycles. The number of benzene rings is 1. The first kappa shape index (κ1) is 12.9. The quantitative estimate of drug-likeness (QED) is 0.879. The molecule has 1 heterocycles. The van der Waals surface area contributed by atoms with Crippen LogP contribution in [-0.2, 0) is 6.54 Å². The maximum atomic E-state index is 12.8. The number of carbonyl (C=O) groups excluding carboxylic acids is 1. The predicted octanol–water partition coefficient (Wildman–Crippen LogP) is 1.56. The molecule has 0 radical (unpaired) electrons. The average molecular weight is 261 g/mol. The van der Waals surface area contributed by atoms with Crippen LogP contribution < -0.4 is 5.32 Å². The first-order chi connectivity index (χ1) is 9.06. The Labute approximate surface area is 109 Å². The van der Waals surface area contributed by atoms with Crippen LogP contribution in [0.3, 0.4) is 0 Å². The summed E-state index contributed by atoms with van der Waals surface area (Å²) in [7, 11) is 0. The highest BCUT2D eigenvalue weighted by molar-refractivity contribution is 5.96. The van der Waals surface area contributed by atoms with E-state index in [1.807, 2.05) is 0 Å². The van der Waals surface area contributed by atoms with E-state index in [1.54, 1.807) is 19.2 Å². The van der Waals surface area contributed by atoms with Crippen LogP contribution in [0.25, 0.3) is 0 Å². The summed E-state index contributed by atoms with van der Waals surface area (Å²) in [6.45, 7) is 1.95. The monoisotopic (exact) mass is 261 g/mol. The molecule has 1 aromatic carbocycles. The third kappa shape index (κ3) is 3.25. The summed E-state index contributed by atoms with van der Waals surface area (Å²) in [4.78, 5) is 19.9. The van der Waals surface area contributed by atoms with Crippen molar-refractivity contribution < 1.29 is 14.3 Å². The van der Waals surface area contributed by atoms with Crippen molar-refractivity contribution >= 4 is 5.91 Å². The normalized spacial score (nSPS) is 10.2. The molecule has 6 heteroatoms. The van der Waals surface area contributed by atoms with Gasteiger partial charge in [0.05, 0.1) is 17.8 Å². The second-order valence-corrected chi connectivity index (χ2v) is 3.94. The van der Waals surface area contributed by atoms with E-state index >= 15 is 0 Å². The highest BCUT2D eigenvalue weighted by Gasteiger charge is 2.11. The number of nitrogens with zero attached hydrogens (tertiary/aromatic N) is 2. The van der Waals surface area contributed by atoms with Gasteiger partial charge in [0.15, 0.2) is 0 Å². The zero-order valence-corrected chi connectivity index (χ0v) is 10.2. The van der Waals surface area contributed by atoms with Gasteiger partial charge in [-0.2, -0.15) is 0 Å². The number of nitrogens with one attached hydrogen (secondary N) is 1. The molecule has 0 fully saturated rings. The van der Waals surface area contributed by atoms with Gasteiger partial charge >= 0.3 is 0 Å². The van der Waals surface area contributed by atoms with Crippen molar-refractivity contribution in [2.45, 2.75) is 13.5 Å². The lowest BCUT2D eigenvalue weighted by molar-refractivity contribution is 0.0947. The summed E-state index contributed by atoms with van der Waals surface area (Å²) in [6, 6.07) is 4.91. The molecule has 0 unspecified atom stereocenters. The summed E-state index contributed by atoms with van der Waals surface area (Å²) in [5, 5.41) is 12.1. The number of amides is 1. The van der Waals surface area contributed by atoms with Crippen LogP contribution in [0.4, 0.5) is 4.39 Å². The van der Waals surface area contributed by atoms with E-state index in [9.17, 15) is 14.3 Å². The SMILES string of the molecule is Cc1nccc(CNC(=O)c2ccc(F)cc2O)n1. The second-order valence-electron chi connectivity index (χ2n) is 3.94. The van der Waals surface area contributed by atoms with Crippen LogP contribution in [0.15, 0.2) is 30.5 Å². The molecule has 0 aliphatic rings. The molecule has 0 spiro atoms. The zero-order valence-electron chi connectivity index (χ0n) is 10.2.